The van der Waals surface area contributed by atoms with Crippen molar-refractivity contribution in [1.82, 2.24) is 0 Å². The minimum atomic E-state index is -4.68. The van der Waals surface area contributed by atoms with Gasteiger partial charge in [0.15, 0.2) is 6.10 Å². The molecular weight excluding hydrogens is 759 g/mol. The Morgan fingerprint density at radius 2 is 1.14 bits per heavy atom. The maximum absolute atomic E-state index is 12.6. The Hall–Kier alpha value is -3.15. The molecule has 0 saturated heterocycles. The average molecular weight is 835 g/mol. The van der Waals surface area contributed by atoms with Gasteiger partial charge >= 0.3 is 19.8 Å². The largest absolute Gasteiger partial charge is 0.472 e. The second-order valence-electron chi connectivity index (χ2n) is 13.9. The number of unbranched alkanes of at least 4 members (excludes halogenated alkanes) is 9. The van der Waals surface area contributed by atoms with E-state index < -0.39 is 64.5 Å². The fourth-order valence-corrected chi connectivity index (χ4v) is 5.82. The summed E-state index contributed by atoms with van der Waals surface area (Å²) in [6, 6.07) is 0. The fourth-order valence-electron chi connectivity index (χ4n) is 5.03. The van der Waals surface area contributed by atoms with E-state index >= 15 is 0 Å². The number of allylic oxidation sites excluding steroid dienone is 15. The minimum Gasteiger partial charge on any atom is -0.462 e. The Morgan fingerprint density at radius 3 is 1.74 bits per heavy atom. The second kappa shape index (κ2) is 40.6. The number of hydrogen-bond donors (Lipinski definition) is 4. The Balaban J connectivity index is 4.59. The molecule has 0 fully saturated rings. The molecule has 0 aromatic carbocycles. The van der Waals surface area contributed by atoms with Gasteiger partial charge in [0.05, 0.1) is 25.9 Å². The number of aliphatic hydroxyl groups is 3. The first-order chi connectivity index (χ1) is 28.1. The molecule has 4 N–H and O–H groups in total. The van der Waals surface area contributed by atoms with Crippen LogP contribution in [0.15, 0.2) is 97.2 Å². The van der Waals surface area contributed by atoms with E-state index in [1.165, 1.54) is 25.7 Å². The standard InChI is InChI=1S/C46H75O11P/c1-3-5-7-9-11-13-15-17-19-21-22-24-26-28-30-32-34-42(48)36-37-45(50)54-40-44(41-56-58(52,53)55-39-43(49)38-47)57-46(51)35-33-31-29-27-25-23-20-18-16-14-12-10-8-6-4-2/h5,7,11,13-14,16-20,22,24,28,30,32,34,42-44,47-49H,3-4,6,8-10,12,15,21,23,25-27,29,31,33,35-41H2,1-2H3,(H,52,53)/b7-5-,13-11-,16-14-,19-17-,20-18-,24-22-,30-28-,34-32-/t42?,43-,44+/m0/s1. The van der Waals surface area contributed by atoms with Crippen LogP contribution >= 0.6 is 7.82 Å². The van der Waals surface area contributed by atoms with Gasteiger partial charge in [0, 0.05) is 12.8 Å². The molecule has 12 heteroatoms. The van der Waals surface area contributed by atoms with E-state index in [4.69, 9.17) is 19.1 Å². The van der Waals surface area contributed by atoms with E-state index in [-0.39, 0.29) is 19.3 Å². The van der Waals surface area contributed by atoms with Crippen molar-refractivity contribution < 1.29 is 52.9 Å². The molecule has 0 aliphatic heterocycles. The molecule has 4 atom stereocenters. The maximum atomic E-state index is 12.6. The summed E-state index contributed by atoms with van der Waals surface area (Å²) in [7, 11) is -4.68. The lowest BCUT2D eigenvalue weighted by atomic mass is 10.1. The van der Waals surface area contributed by atoms with Crippen molar-refractivity contribution in [3.8, 4) is 0 Å². The number of phosphoric ester groups is 1. The Bertz CT molecular complexity index is 1300. The maximum Gasteiger partial charge on any atom is 0.472 e. The molecule has 0 aliphatic rings. The summed E-state index contributed by atoms with van der Waals surface area (Å²) in [6.45, 7) is 1.92. The van der Waals surface area contributed by atoms with Crippen LogP contribution in [0.25, 0.3) is 0 Å². The van der Waals surface area contributed by atoms with E-state index in [0.717, 1.165) is 70.6 Å². The molecule has 11 nitrogen and oxygen atoms in total. The molecule has 2 unspecified atom stereocenters. The van der Waals surface area contributed by atoms with Crippen LogP contribution in [-0.2, 0) is 32.7 Å². The number of carbonyl (C=O) groups is 2. The predicted octanol–water partition coefficient (Wildman–Crippen LogP) is 10.2. The van der Waals surface area contributed by atoms with E-state index in [2.05, 4.69) is 91.3 Å². The average Bonchev–Trinajstić information content (AvgIpc) is 3.21. The van der Waals surface area contributed by atoms with Crippen molar-refractivity contribution in [2.75, 3.05) is 26.4 Å². The Kier molecular flexibility index (Phi) is 38.4. The fraction of sp³-hybridized carbons (Fsp3) is 0.609. The first kappa shape index (κ1) is 54.9. The van der Waals surface area contributed by atoms with E-state index in [9.17, 15) is 29.3 Å². The van der Waals surface area contributed by atoms with Crippen molar-refractivity contribution in [3.05, 3.63) is 97.2 Å². The Labute approximate surface area is 349 Å². The molecule has 0 saturated carbocycles. The monoisotopic (exact) mass is 835 g/mol. The molecule has 330 valence electrons. The molecule has 0 aromatic rings. The van der Waals surface area contributed by atoms with Gasteiger partial charge in [0.2, 0.25) is 0 Å². The second-order valence-corrected chi connectivity index (χ2v) is 15.3. The predicted molar refractivity (Wildman–Crippen MR) is 234 cm³/mol. The van der Waals surface area contributed by atoms with Crippen LogP contribution < -0.4 is 0 Å². The molecular formula is C46H75O11P. The molecule has 0 bridgehead atoms. The number of hydrogen-bond acceptors (Lipinski definition) is 10. The molecule has 0 spiro atoms. The lowest BCUT2D eigenvalue weighted by molar-refractivity contribution is -0.161. The highest BCUT2D eigenvalue weighted by Gasteiger charge is 2.27. The van der Waals surface area contributed by atoms with E-state index in [0.29, 0.717) is 6.42 Å². The Morgan fingerprint density at radius 1 is 0.603 bits per heavy atom. The first-order valence-corrected chi connectivity index (χ1v) is 22.8. The van der Waals surface area contributed by atoms with Crippen molar-refractivity contribution in [3.63, 3.8) is 0 Å². The summed E-state index contributed by atoms with van der Waals surface area (Å²) in [5, 5.41) is 28.6. The molecule has 0 aromatic heterocycles. The molecule has 58 heavy (non-hydrogen) atoms. The van der Waals surface area contributed by atoms with Gasteiger partial charge in [-0.15, -0.1) is 0 Å². The van der Waals surface area contributed by atoms with Crippen LogP contribution in [0, 0.1) is 0 Å². The summed E-state index contributed by atoms with van der Waals surface area (Å²) in [6.07, 6.45) is 45.6. The summed E-state index contributed by atoms with van der Waals surface area (Å²) in [5.74, 6) is -1.24. The number of ether oxygens (including phenoxy) is 2. The zero-order chi connectivity index (χ0) is 42.8. The smallest absolute Gasteiger partial charge is 0.462 e. The van der Waals surface area contributed by atoms with Gasteiger partial charge in [-0.1, -0.05) is 150 Å². The highest BCUT2D eigenvalue weighted by molar-refractivity contribution is 7.47. The first-order valence-electron chi connectivity index (χ1n) is 21.3. The minimum absolute atomic E-state index is 0.0976. The lowest BCUT2D eigenvalue weighted by Gasteiger charge is -2.20. The quantitative estimate of drug-likeness (QED) is 0.0154. The molecule has 0 heterocycles. The highest BCUT2D eigenvalue weighted by Crippen LogP contribution is 2.43. The normalized spacial score (nSPS) is 15.3. The third-order valence-electron chi connectivity index (χ3n) is 8.37. The van der Waals surface area contributed by atoms with Crippen molar-refractivity contribution >= 4 is 19.8 Å². The van der Waals surface area contributed by atoms with Gasteiger partial charge in [0.1, 0.15) is 12.7 Å². The highest BCUT2D eigenvalue weighted by atomic mass is 31.2. The van der Waals surface area contributed by atoms with Gasteiger partial charge < -0.3 is 29.7 Å². The SMILES string of the molecule is CC/C=C\C/C=C\C/C=C\C/C=C\C/C=C\C=C/C(O)CCC(=O)OC[C@H](COP(=O)(O)OC[C@@H](O)CO)OC(=O)CCCCCCC/C=C\C=C/CCCCCC. The van der Waals surface area contributed by atoms with Crippen LogP contribution in [0.2, 0.25) is 0 Å². The number of rotatable bonds is 38. The van der Waals surface area contributed by atoms with E-state index in [1.54, 1.807) is 12.2 Å². The van der Waals surface area contributed by atoms with Crippen LogP contribution in [-0.4, -0.2) is 76.9 Å². The van der Waals surface area contributed by atoms with Crippen molar-refractivity contribution in [2.24, 2.45) is 0 Å². The van der Waals surface area contributed by atoms with Gasteiger partial charge in [-0.05, 0) is 70.6 Å². The number of esters is 2. The number of phosphoric acid groups is 1. The molecule has 0 amide bonds. The summed E-state index contributed by atoms with van der Waals surface area (Å²) >= 11 is 0. The molecule has 0 rings (SSSR count). The zero-order valence-corrected chi connectivity index (χ0v) is 36.2. The summed E-state index contributed by atoms with van der Waals surface area (Å²) < 4.78 is 32.5. The topological polar surface area (TPSA) is 169 Å². The van der Waals surface area contributed by atoms with Crippen LogP contribution in [0.5, 0.6) is 0 Å². The van der Waals surface area contributed by atoms with Crippen molar-refractivity contribution in [2.45, 2.75) is 154 Å². The number of aliphatic hydroxyl groups excluding tert-OH is 3. The van der Waals surface area contributed by atoms with E-state index in [1.807, 2.05) is 12.2 Å². The van der Waals surface area contributed by atoms with Gasteiger partial charge in [-0.3, -0.25) is 18.6 Å². The van der Waals surface area contributed by atoms with Gasteiger partial charge in [-0.25, -0.2) is 4.57 Å². The van der Waals surface area contributed by atoms with Crippen LogP contribution in [0.4, 0.5) is 0 Å². The third kappa shape index (κ3) is 39.7. The summed E-state index contributed by atoms with van der Waals surface area (Å²) in [5.41, 5.74) is 0. The van der Waals surface area contributed by atoms with Crippen molar-refractivity contribution in [1.29, 1.82) is 0 Å². The van der Waals surface area contributed by atoms with Gasteiger partial charge in [-0.2, -0.15) is 0 Å². The number of carbonyl (C=O) groups excluding carboxylic acids is 2. The zero-order valence-electron chi connectivity index (χ0n) is 35.3. The molecule has 0 radical (unpaired) electrons. The third-order valence-corrected chi connectivity index (χ3v) is 9.32. The molecule has 0 aliphatic carbocycles. The van der Waals surface area contributed by atoms with Crippen LogP contribution in [0.3, 0.4) is 0 Å². The lowest BCUT2D eigenvalue weighted by Crippen LogP contribution is -2.30. The summed E-state index contributed by atoms with van der Waals surface area (Å²) in [4.78, 5) is 35.0. The van der Waals surface area contributed by atoms with Gasteiger partial charge in [0.25, 0.3) is 0 Å². The van der Waals surface area contributed by atoms with Crippen LogP contribution in [0.1, 0.15) is 136 Å².